The Balaban J connectivity index is 1.02. The molecule has 4 aromatic heterocycles. The van der Waals surface area contributed by atoms with Crippen LogP contribution in [0.2, 0.25) is 18.1 Å². The van der Waals surface area contributed by atoms with E-state index in [9.17, 15) is 29.1 Å². The van der Waals surface area contributed by atoms with E-state index >= 15 is 0 Å². The third kappa shape index (κ3) is 14.3. The number of aromatic amines is 1. The third-order valence-electron chi connectivity index (χ3n) is 16.0. The van der Waals surface area contributed by atoms with Crippen molar-refractivity contribution >= 4 is 71.1 Å². The average molecular weight is 1290 g/mol. The van der Waals surface area contributed by atoms with Crippen molar-refractivity contribution in [2.24, 2.45) is 5.92 Å². The zero-order valence-electron chi connectivity index (χ0n) is 51.0. The van der Waals surface area contributed by atoms with Gasteiger partial charge in [0.1, 0.15) is 54.1 Å². The molecule has 9 atom stereocenters. The molecule has 2 unspecified atom stereocenters. The molecule has 8 aromatic rings. The molecule has 2 aliphatic heterocycles. The van der Waals surface area contributed by atoms with Crippen molar-refractivity contribution in [3.63, 3.8) is 0 Å². The number of carbonyl (C=O) groups excluding carboxylic acids is 2. The van der Waals surface area contributed by atoms with E-state index < -0.39 is 102 Å². The summed E-state index contributed by atoms with van der Waals surface area (Å²) in [5.74, 6) is -0.00282. The fraction of sp³-hybridized carbons (Fsp3) is 0.393. The standard InChI is InChI=1S/C61H71N11O15P2Si/c1-37(2)55(73)69-59-68-54-49(57(75)70-59)66-36-72(54)58-51(86-88(76)77)50(87-90(8,9)60(3,4)5)46(84-58)33-82-89(81-30-16-29-62)85-44-31-47(71-35-65-48-52(63-34-64-53(48)71)67-56(74)38-17-12-10-13-18-38)83-45(44)32-80-61(39-19-14-11-15-20-39,40-21-25-42(78-6)26-22-40)41-23-27-43(79-7)28-24-41/h10-15,17-28,34-37,44-47,50-51,58,88H,16,30-33H2,1-9H3,(H,76,77)(H,63,64,67,74)(H2,68,69,70,73,75)/t44-,45+,46+,47+,50+,51+,58+,89?/m0/s1. The summed E-state index contributed by atoms with van der Waals surface area (Å²) in [5.41, 5.74) is 1.20. The molecule has 2 amide bonds. The molecule has 29 heteroatoms. The zero-order chi connectivity index (χ0) is 63.9. The highest BCUT2D eigenvalue weighted by molar-refractivity contribution is 7.41. The maximum absolute atomic E-state index is 13.5. The molecule has 0 spiro atoms. The van der Waals surface area contributed by atoms with Gasteiger partial charge in [0.25, 0.3) is 11.5 Å². The lowest BCUT2D eigenvalue weighted by molar-refractivity contribution is -0.118. The molecule has 6 heterocycles. The number of methoxy groups -OCH3 is 2. The Bertz CT molecular complexity index is 3860. The molecule has 4 aromatic carbocycles. The van der Waals surface area contributed by atoms with E-state index in [-0.39, 0.29) is 61.1 Å². The molecular weight excluding hydrogens is 1220 g/mol. The molecule has 26 nitrogen and oxygen atoms in total. The summed E-state index contributed by atoms with van der Waals surface area (Å²) in [6.07, 6.45) is -3.36. The number of amides is 2. The SMILES string of the molecule is COc1ccc(C(OC[C@H]2O[C@@H](n3cnc4c(NC(=O)c5ccccc5)ncnc43)C[C@@H]2OP(OCCC#N)OC[C@H]2O[C@@H](n3cnc4c(=O)[nH]c(NC(=O)C(C)C)nc43)[C@H](O[PH](=O)O)[C@@H]2O[Si](C)(C)C(C)(C)C)(c2ccccc2)c2ccc(OC)cc2)cc1. The van der Waals surface area contributed by atoms with E-state index in [2.05, 4.69) is 46.6 Å². The molecule has 10 rings (SSSR count). The lowest BCUT2D eigenvalue weighted by atomic mass is 9.80. The molecule has 2 saturated heterocycles. The van der Waals surface area contributed by atoms with Crippen LogP contribution in [0.15, 0.2) is 133 Å². The molecular formula is C61H71N11O15P2Si. The molecule has 4 N–H and O–H groups in total. The van der Waals surface area contributed by atoms with Gasteiger partial charge in [-0.2, -0.15) is 10.2 Å². The molecule has 0 bridgehead atoms. The minimum atomic E-state index is -3.74. The first-order valence-electron chi connectivity index (χ1n) is 29.0. The van der Waals surface area contributed by atoms with Crippen molar-refractivity contribution in [2.75, 3.05) is 44.7 Å². The largest absolute Gasteiger partial charge is 0.497 e. The van der Waals surface area contributed by atoms with Crippen LogP contribution in [0.1, 0.15) is 87.0 Å². The smallest absolute Gasteiger partial charge is 0.333 e. The van der Waals surface area contributed by atoms with Crippen LogP contribution >= 0.6 is 16.9 Å². The Hall–Kier alpha value is -7.67. The molecule has 0 saturated carbocycles. The number of H-pyrrole nitrogens is 1. The number of hydrogen-bond acceptors (Lipinski definition) is 20. The van der Waals surface area contributed by atoms with E-state index in [1.165, 1.54) is 17.2 Å². The highest BCUT2D eigenvalue weighted by Gasteiger charge is 2.53. The molecule has 474 valence electrons. The van der Waals surface area contributed by atoms with Crippen LogP contribution in [0.25, 0.3) is 22.3 Å². The number of aromatic nitrogens is 8. The average Bonchev–Trinajstić information content (AvgIpc) is 1.22. The van der Waals surface area contributed by atoms with Crippen molar-refractivity contribution in [3.05, 3.63) is 161 Å². The number of nitrogens with one attached hydrogen (secondary N) is 3. The summed E-state index contributed by atoms with van der Waals surface area (Å²) >= 11 is 0. The first kappa shape index (κ1) is 65.3. The van der Waals surface area contributed by atoms with Crippen LogP contribution < -0.4 is 25.7 Å². The van der Waals surface area contributed by atoms with E-state index in [1.54, 1.807) is 63.2 Å². The van der Waals surface area contributed by atoms with E-state index in [1.807, 2.05) is 119 Å². The number of hydrogen-bond donors (Lipinski definition) is 4. The second-order valence-corrected chi connectivity index (χ2v) is 29.8. The van der Waals surface area contributed by atoms with E-state index in [0.717, 1.165) is 16.7 Å². The zero-order valence-corrected chi connectivity index (χ0v) is 53.9. The van der Waals surface area contributed by atoms with Crippen LogP contribution in [0.5, 0.6) is 11.5 Å². The molecule has 90 heavy (non-hydrogen) atoms. The fourth-order valence-electron chi connectivity index (χ4n) is 10.2. The predicted molar refractivity (Wildman–Crippen MR) is 334 cm³/mol. The number of anilines is 2. The predicted octanol–water partition coefficient (Wildman–Crippen LogP) is 9.73. The number of fused-ring (bicyclic) bond motifs is 2. The van der Waals surface area contributed by atoms with Crippen LogP contribution in [0, 0.1) is 17.2 Å². The van der Waals surface area contributed by atoms with E-state index in [4.69, 9.17) is 46.2 Å². The van der Waals surface area contributed by atoms with Gasteiger partial charge in [-0.1, -0.05) is 107 Å². The van der Waals surface area contributed by atoms with Gasteiger partial charge >= 0.3 is 16.9 Å². The molecule has 2 fully saturated rings. The second-order valence-electron chi connectivity index (χ2n) is 23.1. The van der Waals surface area contributed by atoms with Gasteiger partial charge in [0.2, 0.25) is 11.9 Å². The first-order valence-corrected chi connectivity index (χ1v) is 34.3. The minimum Gasteiger partial charge on any atom is -0.497 e. The van der Waals surface area contributed by atoms with Gasteiger partial charge in [-0.05, 0) is 71.2 Å². The van der Waals surface area contributed by atoms with Gasteiger partial charge in [0.15, 0.2) is 42.7 Å². The minimum absolute atomic E-state index is 0.0308. The number of imidazole rings is 2. The van der Waals surface area contributed by atoms with Crippen molar-refractivity contribution in [1.82, 2.24) is 39.0 Å². The second kappa shape index (κ2) is 28.2. The van der Waals surface area contributed by atoms with Crippen molar-refractivity contribution in [1.29, 1.82) is 5.26 Å². The highest BCUT2D eigenvalue weighted by atomic mass is 31.2. The number of carbonyl (C=O) groups is 2. The molecule has 2 aliphatic rings. The Labute approximate surface area is 521 Å². The summed E-state index contributed by atoms with van der Waals surface area (Å²) < 4.78 is 81.5. The monoisotopic (exact) mass is 1290 g/mol. The Morgan fingerprint density at radius 1 is 0.811 bits per heavy atom. The number of benzene rings is 4. The van der Waals surface area contributed by atoms with Gasteiger partial charge < -0.3 is 51.9 Å². The lowest BCUT2D eigenvalue weighted by Crippen LogP contribution is -2.50. The number of ether oxygens (including phenoxy) is 5. The highest BCUT2D eigenvalue weighted by Crippen LogP contribution is 2.50. The molecule has 0 radical (unpaired) electrons. The normalized spacial score (nSPS) is 20.3. The summed E-state index contributed by atoms with van der Waals surface area (Å²) in [7, 11) is -5.86. The van der Waals surface area contributed by atoms with Crippen molar-refractivity contribution in [2.45, 2.75) is 114 Å². The Morgan fingerprint density at radius 3 is 2.07 bits per heavy atom. The summed E-state index contributed by atoms with van der Waals surface area (Å²) in [4.78, 5) is 75.4. The number of rotatable bonds is 26. The fourth-order valence-corrected chi connectivity index (χ4v) is 13.2. The van der Waals surface area contributed by atoms with Crippen molar-refractivity contribution in [3.8, 4) is 17.6 Å². The summed E-state index contributed by atoms with van der Waals surface area (Å²) in [6, 6.07) is 35.7. The van der Waals surface area contributed by atoms with E-state index in [0.29, 0.717) is 22.7 Å². The van der Waals surface area contributed by atoms with Crippen LogP contribution in [0.4, 0.5) is 11.8 Å². The van der Waals surface area contributed by atoms with Gasteiger partial charge in [-0.3, -0.25) is 42.9 Å². The Morgan fingerprint density at radius 2 is 1.44 bits per heavy atom. The summed E-state index contributed by atoms with van der Waals surface area (Å²) in [6.45, 7) is 12.8. The Kier molecular flexibility index (Phi) is 20.5. The van der Waals surface area contributed by atoms with Gasteiger partial charge in [-0.15, -0.1) is 0 Å². The van der Waals surface area contributed by atoms with Gasteiger partial charge in [0.05, 0.1) is 65.3 Å². The first-order chi connectivity index (χ1) is 43.2. The quantitative estimate of drug-likeness (QED) is 0.0169. The maximum atomic E-state index is 13.5. The number of nitrogens with zero attached hydrogens (tertiary/aromatic N) is 8. The lowest BCUT2D eigenvalue weighted by Gasteiger charge is -2.40. The third-order valence-corrected chi connectivity index (χ3v) is 22.1. The van der Waals surface area contributed by atoms with Crippen LogP contribution in [-0.4, -0.2) is 129 Å². The maximum Gasteiger partial charge on any atom is 0.333 e. The van der Waals surface area contributed by atoms with Crippen molar-refractivity contribution < 1.29 is 65.3 Å². The van der Waals surface area contributed by atoms with Gasteiger partial charge in [0, 0.05) is 17.9 Å². The van der Waals surface area contributed by atoms with Crippen LogP contribution in [0.3, 0.4) is 0 Å². The number of nitriles is 1. The van der Waals surface area contributed by atoms with Crippen LogP contribution in [-0.2, 0) is 51.7 Å². The topological polar surface area (TPSA) is 319 Å². The van der Waals surface area contributed by atoms with Gasteiger partial charge in [-0.25, -0.2) is 19.9 Å². The summed E-state index contributed by atoms with van der Waals surface area (Å²) in [5, 5.41) is 14.9. The molecule has 0 aliphatic carbocycles.